The molecule has 2 aliphatic rings. The van der Waals surface area contributed by atoms with Crippen molar-refractivity contribution in [3.63, 3.8) is 0 Å². The molecular formula is C11H17N. The van der Waals surface area contributed by atoms with Crippen LogP contribution in [0.15, 0.2) is 0 Å². The van der Waals surface area contributed by atoms with E-state index in [1.165, 1.54) is 25.7 Å². The number of nitrogens with one attached hydrogen (secondary N) is 1. The van der Waals surface area contributed by atoms with Gasteiger partial charge in [-0.2, -0.15) is 0 Å². The fourth-order valence-electron chi connectivity index (χ4n) is 2.93. The third-order valence-corrected chi connectivity index (χ3v) is 3.60. The van der Waals surface area contributed by atoms with Crippen LogP contribution < -0.4 is 5.32 Å². The lowest BCUT2D eigenvalue weighted by molar-refractivity contribution is 0.480. The van der Waals surface area contributed by atoms with Gasteiger partial charge in [0.2, 0.25) is 0 Å². The van der Waals surface area contributed by atoms with E-state index in [0.29, 0.717) is 6.04 Å². The predicted octanol–water partition coefficient (Wildman–Crippen LogP) is 1.64. The van der Waals surface area contributed by atoms with Crippen LogP contribution in [-0.2, 0) is 0 Å². The van der Waals surface area contributed by atoms with Gasteiger partial charge in [-0.15, -0.1) is 6.42 Å². The molecular weight excluding hydrogens is 146 g/mol. The largest absolute Gasteiger partial charge is 0.307 e. The minimum atomic E-state index is 0.345. The van der Waals surface area contributed by atoms with Gasteiger partial charge in [0, 0.05) is 0 Å². The maximum Gasteiger partial charge on any atom is 0.0718 e. The summed E-state index contributed by atoms with van der Waals surface area (Å²) in [6.45, 7) is 0. The fraction of sp³-hybridized carbons (Fsp3) is 0.818. The average Bonchev–Trinajstić information content (AvgIpc) is 2.83. The van der Waals surface area contributed by atoms with Crippen LogP contribution in [0.3, 0.4) is 0 Å². The number of hydrogen-bond acceptors (Lipinski definition) is 1. The van der Waals surface area contributed by atoms with Crippen molar-refractivity contribution < 1.29 is 0 Å². The first-order valence-corrected chi connectivity index (χ1v) is 5.02. The number of hydrogen-bond donors (Lipinski definition) is 1. The maximum absolute atomic E-state index is 5.47. The smallest absolute Gasteiger partial charge is 0.0718 e. The van der Waals surface area contributed by atoms with E-state index >= 15 is 0 Å². The van der Waals surface area contributed by atoms with E-state index in [-0.39, 0.29) is 0 Å². The van der Waals surface area contributed by atoms with E-state index in [2.05, 4.69) is 11.2 Å². The van der Waals surface area contributed by atoms with Gasteiger partial charge in [0.05, 0.1) is 6.04 Å². The highest BCUT2D eigenvalue weighted by atomic mass is 14.9. The van der Waals surface area contributed by atoms with Gasteiger partial charge in [0.25, 0.3) is 0 Å². The Labute approximate surface area is 74.9 Å². The molecule has 2 aliphatic carbocycles. The summed E-state index contributed by atoms with van der Waals surface area (Å²) < 4.78 is 0. The lowest BCUT2D eigenvalue weighted by Crippen LogP contribution is -2.26. The fourth-order valence-corrected chi connectivity index (χ4v) is 2.93. The van der Waals surface area contributed by atoms with E-state index in [1.54, 1.807) is 0 Å². The van der Waals surface area contributed by atoms with Crippen molar-refractivity contribution >= 4 is 0 Å². The number of terminal acetylenes is 1. The number of fused-ring (bicyclic) bond motifs is 1. The molecule has 0 aromatic rings. The Bertz CT molecular complexity index is 192. The molecule has 0 saturated heterocycles. The van der Waals surface area contributed by atoms with Crippen LogP contribution in [0.2, 0.25) is 0 Å². The summed E-state index contributed by atoms with van der Waals surface area (Å²) in [6, 6.07) is 0.345. The molecule has 0 heterocycles. The molecule has 2 rings (SSSR count). The second-order valence-corrected chi connectivity index (χ2v) is 4.12. The van der Waals surface area contributed by atoms with E-state index in [4.69, 9.17) is 6.42 Å². The highest BCUT2D eigenvalue weighted by molar-refractivity contribution is 5.13. The Hall–Kier alpha value is -0.480. The molecule has 2 saturated carbocycles. The van der Waals surface area contributed by atoms with E-state index in [9.17, 15) is 0 Å². The van der Waals surface area contributed by atoms with Crippen molar-refractivity contribution in [2.45, 2.75) is 31.7 Å². The second kappa shape index (κ2) is 3.11. The monoisotopic (exact) mass is 163 g/mol. The summed E-state index contributed by atoms with van der Waals surface area (Å²) in [5.74, 6) is 5.60. The first kappa shape index (κ1) is 8.13. The zero-order chi connectivity index (χ0) is 8.55. The molecule has 0 bridgehead atoms. The molecule has 66 valence electrons. The summed E-state index contributed by atoms with van der Waals surface area (Å²) in [5, 5.41) is 3.23. The number of rotatable bonds is 2. The van der Waals surface area contributed by atoms with Crippen molar-refractivity contribution in [3.05, 3.63) is 0 Å². The summed E-state index contributed by atoms with van der Waals surface area (Å²) in [5.41, 5.74) is 0. The maximum atomic E-state index is 5.47. The SMILES string of the molecule is C#CC(NC)C1C2CCCCC21. The molecule has 1 heteroatoms. The molecule has 0 spiro atoms. The van der Waals surface area contributed by atoms with Gasteiger partial charge < -0.3 is 5.32 Å². The molecule has 3 atom stereocenters. The lowest BCUT2D eigenvalue weighted by Gasteiger charge is -2.07. The van der Waals surface area contributed by atoms with Crippen LogP contribution in [0, 0.1) is 30.1 Å². The molecule has 0 aliphatic heterocycles. The third kappa shape index (κ3) is 1.15. The molecule has 1 N–H and O–H groups in total. The molecule has 12 heavy (non-hydrogen) atoms. The zero-order valence-corrected chi connectivity index (χ0v) is 7.72. The Kier molecular flexibility index (Phi) is 2.11. The van der Waals surface area contributed by atoms with Crippen molar-refractivity contribution in [2.75, 3.05) is 7.05 Å². The molecule has 0 amide bonds. The molecule has 3 unspecified atom stereocenters. The Morgan fingerprint density at radius 1 is 1.33 bits per heavy atom. The highest BCUT2D eigenvalue weighted by Gasteiger charge is 2.53. The normalized spacial score (nSPS) is 41.2. The van der Waals surface area contributed by atoms with E-state index in [0.717, 1.165) is 17.8 Å². The van der Waals surface area contributed by atoms with Crippen LogP contribution >= 0.6 is 0 Å². The van der Waals surface area contributed by atoms with Gasteiger partial charge in [-0.05, 0) is 37.6 Å². The third-order valence-electron chi connectivity index (χ3n) is 3.60. The van der Waals surface area contributed by atoms with E-state index in [1.807, 2.05) is 7.05 Å². The zero-order valence-electron chi connectivity index (χ0n) is 7.72. The Morgan fingerprint density at radius 3 is 2.33 bits per heavy atom. The standard InChI is InChI=1S/C11H17N/c1-3-10(12-2)11-8-6-4-5-7-9(8)11/h1,8-12H,4-7H2,2H3. The van der Waals surface area contributed by atoms with Gasteiger partial charge in [-0.1, -0.05) is 18.8 Å². The van der Waals surface area contributed by atoms with Gasteiger partial charge >= 0.3 is 0 Å². The van der Waals surface area contributed by atoms with Crippen molar-refractivity contribution in [2.24, 2.45) is 17.8 Å². The predicted molar refractivity (Wildman–Crippen MR) is 50.6 cm³/mol. The highest BCUT2D eigenvalue weighted by Crippen LogP contribution is 2.56. The minimum Gasteiger partial charge on any atom is -0.307 e. The van der Waals surface area contributed by atoms with Crippen molar-refractivity contribution in [3.8, 4) is 12.3 Å². The van der Waals surface area contributed by atoms with Gasteiger partial charge in [-0.3, -0.25) is 0 Å². The van der Waals surface area contributed by atoms with E-state index < -0.39 is 0 Å². The Morgan fingerprint density at radius 2 is 1.92 bits per heavy atom. The van der Waals surface area contributed by atoms with Crippen LogP contribution in [0.5, 0.6) is 0 Å². The summed E-state index contributed by atoms with van der Waals surface area (Å²) >= 11 is 0. The van der Waals surface area contributed by atoms with Crippen molar-refractivity contribution in [1.82, 2.24) is 5.32 Å². The van der Waals surface area contributed by atoms with Gasteiger partial charge in [0.15, 0.2) is 0 Å². The first-order chi connectivity index (χ1) is 5.88. The lowest BCUT2D eigenvalue weighted by atomic mass is 10.0. The van der Waals surface area contributed by atoms with Gasteiger partial charge in [-0.25, -0.2) is 0 Å². The van der Waals surface area contributed by atoms with Crippen LogP contribution in [0.25, 0.3) is 0 Å². The Balaban J connectivity index is 1.95. The second-order valence-electron chi connectivity index (χ2n) is 4.12. The van der Waals surface area contributed by atoms with Crippen LogP contribution in [0.4, 0.5) is 0 Å². The van der Waals surface area contributed by atoms with Gasteiger partial charge in [0.1, 0.15) is 0 Å². The van der Waals surface area contributed by atoms with Crippen molar-refractivity contribution in [1.29, 1.82) is 0 Å². The quantitative estimate of drug-likeness (QED) is 0.610. The first-order valence-electron chi connectivity index (χ1n) is 5.02. The minimum absolute atomic E-state index is 0.345. The van der Waals surface area contributed by atoms with Crippen LogP contribution in [-0.4, -0.2) is 13.1 Å². The molecule has 1 nitrogen and oxygen atoms in total. The summed E-state index contributed by atoms with van der Waals surface area (Å²) in [7, 11) is 1.98. The molecule has 0 aromatic heterocycles. The summed E-state index contributed by atoms with van der Waals surface area (Å²) in [6.07, 6.45) is 11.2. The topological polar surface area (TPSA) is 12.0 Å². The molecule has 2 fully saturated rings. The summed E-state index contributed by atoms with van der Waals surface area (Å²) in [4.78, 5) is 0. The molecule has 0 aromatic carbocycles. The van der Waals surface area contributed by atoms with Crippen LogP contribution in [0.1, 0.15) is 25.7 Å². The molecule has 0 radical (unpaired) electrons. The average molecular weight is 163 g/mol.